The van der Waals surface area contributed by atoms with Gasteiger partial charge in [-0.2, -0.15) is 4.98 Å². The fourth-order valence-corrected chi connectivity index (χ4v) is 1.89. The fourth-order valence-electron chi connectivity index (χ4n) is 1.89. The number of nitrogen functional groups attached to an aromatic ring is 1. The van der Waals surface area contributed by atoms with Crippen LogP contribution in [0.15, 0.2) is 36.4 Å². The molecular weight excluding hydrogens is 250 g/mol. The molecule has 0 fully saturated rings. The molecule has 0 unspecified atom stereocenters. The van der Waals surface area contributed by atoms with Gasteiger partial charge in [-0.15, -0.1) is 0 Å². The highest BCUT2D eigenvalue weighted by molar-refractivity contribution is 5.61. The van der Waals surface area contributed by atoms with E-state index in [-0.39, 0.29) is 5.41 Å². The summed E-state index contributed by atoms with van der Waals surface area (Å²) in [5.74, 6) is 1.14. The lowest BCUT2D eigenvalue weighted by Gasteiger charge is -2.19. The number of aromatic nitrogens is 1. The van der Waals surface area contributed by atoms with E-state index in [0.717, 1.165) is 5.69 Å². The van der Waals surface area contributed by atoms with E-state index in [2.05, 4.69) is 43.2 Å². The number of rotatable bonds is 3. The molecule has 0 radical (unpaired) electrons. The molecule has 0 amide bonds. The highest BCUT2D eigenvalue weighted by Crippen LogP contribution is 2.26. The number of pyridine rings is 1. The van der Waals surface area contributed by atoms with Crippen molar-refractivity contribution < 1.29 is 4.74 Å². The molecule has 0 saturated heterocycles. The van der Waals surface area contributed by atoms with E-state index in [9.17, 15) is 0 Å². The summed E-state index contributed by atoms with van der Waals surface area (Å²) in [6.45, 7) is 6.59. The highest BCUT2D eigenvalue weighted by atomic mass is 16.5. The third-order valence-corrected chi connectivity index (χ3v) is 3.11. The smallest absolute Gasteiger partial charge is 0.238 e. The predicted octanol–water partition coefficient (Wildman–Crippen LogP) is 3.71. The van der Waals surface area contributed by atoms with Gasteiger partial charge in [0.25, 0.3) is 0 Å². The first-order valence-corrected chi connectivity index (χ1v) is 6.58. The SMILES string of the molecule is COc1nc(Nc2ccc(C(C)(C)C)cc2)ccc1N. The molecular formula is C16H21N3O. The standard InChI is InChI=1S/C16H21N3O/c1-16(2,3)11-5-7-12(8-6-11)18-14-10-9-13(17)15(19-14)20-4/h5-10H,17H2,1-4H3,(H,18,19). The number of nitrogens with zero attached hydrogens (tertiary/aromatic N) is 1. The summed E-state index contributed by atoms with van der Waals surface area (Å²) < 4.78 is 5.11. The summed E-state index contributed by atoms with van der Waals surface area (Å²) >= 11 is 0. The van der Waals surface area contributed by atoms with Gasteiger partial charge >= 0.3 is 0 Å². The van der Waals surface area contributed by atoms with Crippen LogP contribution < -0.4 is 15.8 Å². The lowest BCUT2D eigenvalue weighted by Crippen LogP contribution is -2.10. The third kappa shape index (κ3) is 3.20. The average molecular weight is 271 g/mol. The Morgan fingerprint density at radius 2 is 1.70 bits per heavy atom. The number of nitrogens with one attached hydrogen (secondary N) is 1. The zero-order valence-electron chi connectivity index (χ0n) is 12.4. The van der Waals surface area contributed by atoms with Crippen molar-refractivity contribution in [3.63, 3.8) is 0 Å². The normalized spacial score (nSPS) is 11.2. The van der Waals surface area contributed by atoms with Crippen LogP contribution >= 0.6 is 0 Å². The van der Waals surface area contributed by atoms with Crippen LogP contribution in [0, 0.1) is 0 Å². The Bertz CT molecular complexity index is 586. The van der Waals surface area contributed by atoms with Crippen LogP contribution in [-0.2, 0) is 5.41 Å². The molecule has 0 atom stereocenters. The van der Waals surface area contributed by atoms with E-state index in [1.165, 1.54) is 5.56 Å². The monoisotopic (exact) mass is 271 g/mol. The van der Waals surface area contributed by atoms with Gasteiger partial charge in [0.2, 0.25) is 5.88 Å². The number of methoxy groups -OCH3 is 1. The molecule has 0 aliphatic heterocycles. The van der Waals surface area contributed by atoms with Crippen molar-refractivity contribution in [2.24, 2.45) is 0 Å². The van der Waals surface area contributed by atoms with Crippen molar-refractivity contribution >= 4 is 17.2 Å². The van der Waals surface area contributed by atoms with Crippen LogP contribution in [0.5, 0.6) is 5.88 Å². The van der Waals surface area contributed by atoms with E-state index in [0.29, 0.717) is 17.4 Å². The Morgan fingerprint density at radius 3 is 2.25 bits per heavy atom. The second-order valence-electron chi connectivity index (χ2n) is 5.75. The van der Waals surface area contributed by atoms with E-state index in [1.54, 1.807) is 13.2 Å². The largest absolute Gasteiger partial charge is 0.479 e. The minimum atomic E-state index is 0.154. The van der Waals surface area contributed by atoms with Gasteiger partial charge in [-0.25, -0.2) is 0 Å². The van der Waals surface area contributed by atoms with Gasteiger partial charge in [0.15, 0.2) is 0 Å². The van der Waals surface area contributed by atoms with Gasteiger partial charge in [0, 0.05) is 5.69 Å². The molecule has 3 N–H and O–H groups in total. The zero-order valence-corrected chi connectivity index (χ0v) is 12.4. The molecule has 106 valence electrons. The summed E-state index contributed by atoms with van der Waals surface area (Å²) in [6, 6.07) is 11.9. The molecule has 2 aromatic rings. The molecule has 4 nitrogen and oxygen atoms in total. The van der Waals surface area contributed by atoms with Gasteiger partial charge in [0.1, 0.15) is 5.82 Å². The van der Waals surface area contributed by atoms with Gasteiger partial charge in [0.05, 0.1) is 12.8 Å². The second-order valence-corrected chi connectivity index (χ2v) is 5.75. The minimum Gasteiger partial charge on any atom is -0.479 e. The van der Waals surface area contributed by atoms with E-state index in [4.69, 9.17) is 10.5 Å². The van der Waals surface area contributed by atoms with Crippen LogP contribution in [0.4, 0.5) is 17.2 Å². The number of hydrogen-bond acceptors (Lipinski definition) is 4. The maximum Gasteiger partial charge on any atom is 0.238 e. The van der Waals surface area contributed by atoms with Crippen molar-refractivity contribution in [3.8, 4) is 5.88 Å². The molecule has 0 spiro atoms. The number of ether oxygens (including phenoxy) is 1. The first-order chi connectivity index (χ1) is 9.40. The number of hydrogen-bond donors (Lipinski definition) is 2. The Labute approximate surface area is 120 Å². The second kappa shape index (κ2) is 5.41. The topological polar surface area (TPSA) is 60.2 Å². The summed E-state index contributed by atoms with van der Waals surface area (Å²) in [6.07, 6.45) is 0. The van der Waals surface area contributed by atoms with E-state index >= 15 is 0 Å². The van der Waals surface area contributed by atoms with Crippen LogP contribution in [0.2, 0.25) is 0 Å². The van der Waals surface area contributed by atoms with Gasteiger partial charge in [-0.05, 0) is 35.2 Å². The zero-order chi connectivity index (χ0) is 14.8. The Hall–Kier alpha value is -2.23. The Morgan fingerprint density at radius 1 is 1.05 bits per heavy atom. The number of nitrogens with two attached hydrogens (primary N) is 1. The maximum absolute atomic E-state index is 5.75. The summed E-state index contributed by atoms with van der Waals surface area (Å²) in [5.41, 5.74) is 8.71. The molecule has 0 aliphatic carbocycles. The molecule has 1 aromatic heterocycles. The van der Waals surface area contributed by atoms with Crippen molar-refractivity contribution in [2.75, 3.05) is 18.2 Å². The first-order valence-electron chi connectivity index (χ1n) is 6.58. The van der Waals surface area contributed by atoms with Crippen LogP contribution in [0.3, 0.4) is 0 Å². The molecule has 0 bridgehead atoms. The number of anilines is 3. The maximum atomic E-state index is 5.75. The van der Waals surface area contributed by atoms with Crippen molar-refractivity contribution in [1.82, 2.24) is 4.98 Å². The molecule has 1 aromatic carbocycles. The van der Waals surface area contributed by atoms with Crippen molar-refractivity contribution in [1.29, 1.82) is 0 Å². The van der Waals surface area contributed by atoms with Gasteiger partial charge in [-0.1, -0.05) is 32.9 Å². The summed E-state index contributed by atoms with van der Waals surface area (Å²) in [5, 5.41) is 3.24. The molecule has 0 saturated carbocycles. The molecule has 0 aliphatic rings. The van der Waals surface area contributed by atoms with Crippen molar-refractivity contribution in [2.45, 2.75) is 26.2 Å². The molecule has 2 rings (SSSR count). The quantitative estimate of drug-likeness (QED) is 0.893. The molecule has 1 heterocycles. The van der Waals surface area contributed by atoms with Crippen LogP contribution in [-0.4, -0.2) is 12.1 Å². The van der Waals surface area contributed by atoms with Crippen LogP contribution in [0.1, 0.15) is 26.3 Å². The van der Waals surface area contributed by atoms with Gasteiger partial charge in [-0.3, -0.25) is 0 Å². The predicted molar refractivity (Wildman–Crippen MR) is 83.6 cm³/mol. The van der Waals surface area contributed by atoms with Gasteiger partial charge < -0.3 is 15.8 Å². The van der Waals surface area contributed by atoms with Crippen LogP contribution in [0.25, 0.3) is 0 Å². The first kappa shape index (κ1) is 14.2. The highest BCUT2D eigenvalue weighted by Gasteiger charge is 2.12. The average Bonchev–Trinajstić information content (AvgIpc) is 2.40. The molecule has 20 heavy (non-hydrogen) atoms. The Balaban J connectivity index is 2.18. The lowest BCUT2D eigenvalue weighted by molar-refractivity contribution is 0.401. The lowest BCUT2D eigenvalue weighted by atomic mass is 9.87. The molecule has 4 heteroatoms. The fraction of sp³-hybridized carbons (Fsp3) is 0.312. The summed E-state index contributed by atoms with van der Waals surface area (Å²) in [4.78, 5) is 4.30. The number of benzene rings is 1. The third-order valence-electron chi connectivity index (χ3n) is 3.11. The minimum absolute atomic E-state index is 0.154. The van der Waals surface area contributed by atoms with E-state index < -0.39 is 0 Å². The summed E-state index contributed by atoms with van der Waals surface area (Å²) in [7, 11) is 1.56. The van der Waals surface area contributed by atoms with E-state index in [1.807, 2.05) is 18.2 Å². The Kier molecular flexibility index (Phi) is 3.84. The van der Waals surface area contributed by atoms with Crippen molar-refractivity contribution in [3.05, 3.63) is 42.0 Å².